The van der Waals surface area contributed by atoms with Crippen molar-refractivity contribution in [2.24, 2.45) is 0 Å². The number of methoxy groups -OCH3 is 3. The van der Waals surface area contributed by atoms with E-state index in [2.05, 4.69) is 10.1 Å². The van der Waals surface area contributed by atoms with Gasteiger partial charge in [0.25, 0.3) is 5.56 Å². The third-order valence-corrected chi connectivity index (χ3v) is 6.08. The van der Waals surface area contributed by atoms with Crippen LogP contribution in [0.1, 0.15) is 17.0 Å². The number of rotatable bonds is 6. The normalized spacial score (nSPS) is 11.8. The van der Waals surface area contributed by atoms with Crippen molar-refractivity contribution < 1.29 is 14.2 Å². The Morgan fingerprint density at radius 3 is 2.35 bits per heavy atom. The van der Waals surface area contributed by atoms with Gasteiger partial charge in [-0.3, -0.25) is 4.79 Å². The van der Waals surface area contributed by atoms with E-state index < -0.39 is 0 Å². The van der Waals surface area contributed by atoms with E-state index in [0.717, 1.165) is 5.56 Å². The molecule has 2 heterocycles. The van der Waals surface area contributed by atoms with Gasteiger partial charge in [0.05, 0.1) is 25.9 Å². The molecule has 0 aliphatic heterocycles. The molecular weight excluding hydrogens is 461 g/mol. The zero-order valence-electron chi connectivity index (χ0n) is 16.8. The molecule has 0 saturated heterocycles. The first kappa shape index (κ1) is 21.4. The molecule has 4 aromatic rings. The van der Waals surface area contributed by atoms with Crippen molar-refractivity contribution in [1.82, 2.24) is 14.6 Å². The zero-order valence-corrected chi connectivity index (χ0v) is 19.1. The largest absolute Gasteiger partial charge is 0.493 e. The van der Waals surface area contributed by atoms with Crippen LogP contribution in [0.15, 0.2) is 35.1 Å². The molecule has 0 atom stereocenters. The molecule has 2 aromatic carbocycles. The van der Waals surface area contributed by atoms with Crippen LogP contribution in [0.3, 0.4) is 0 Å². The van der Waals surface area contributed by atoms with Gasteiger partial charge in [-0.15, -0.1) is 5.10 Å². The summed E-state index contributed by atoms with van der Waals surface area (Å²) >= 11 is 13.4. The van der Waals surface area contributed by atoms with E-state index in [-0.39, 0.29) is 5.56 Å². The average molecular weight is 478 g/mol. The van der Waals surface area contributed by atoms with Gasteiger partial charge in [-0.2, -0.15) is 4.52 Å². The maximum Gasteiger partial charge on any atom is 0.291 e. The van der Waals surface area contributed by atoms with Crippen molar-refractivity contribution in [2.75, 3.05) is 21.3 Å². The van der Waals surface area contributed by atoms with Crippen LogP contribution in [-0.4, -0.2) is 35.9 Å². The van der Waals surface area contributed by atoms with E-state index in [1.807, 2.05) is 12.1 Å². The molecule has 0 saturated carbocycles. The van der Waals surface area contributed by atoms with E-state index in [0.29, 0.717) is 54.6 Å². The molecule has 31 heavy (non-hydrogen) atoms. The molecule has 0 unspecified atom stereocenters. The first-order chi connectivity index (χ1) is 14.9. The lowest BCUT2D eigenvalue weighted by molar-refractivity contribution is 0.324. The summed E-state index contributed by atoms with van der Waals surface area (Å²) in [6, 6.07) is 8.77. The predicted octanol–water partition coefficient (Wildman–Crippen LogP) is 3.62. The molecule has 2 aromatic heterocycles. The fraction of sp³-hybridized carbons (Fsp3) is 0.190. The first-order valence-electron chi connectivity index (χ1n) is 9.07. The maximum absolute atomic E-state index is 12.8. The summed E-state index contributed by atoms with van der Waals surface area (Å²) in [5, 5.41) is 5.37. The smallest absolute Gasteiger partial charge is 0.291 e. The number of aromatic nitrogens is 3. The predicted molar refractivity (Wildman–Crippen MR) is 121 cm³/mol. The van der Waals surface area contributed by atoms with Crippen molar-refractivity contribution >= 4 is 45.6 Å². The van der Waals surface area contributed by atoms with E-state index in [9.17, 15) is 4.79 Å². The molecule has 7 nitrogen and oxygen atoms in total. The number of nitrogens with zero attached hydrogens (tertiary/aromatic N) is 3. The molecule has 160 valence electrons. The van der Waals surface area contributed by atoms with Gasteiger partial charge < -0.3 is 14.2 Å². The Morgan fingerprint density at radius 1 is 1.06 bits per heavy atom. The van der Waals surface area contributed by atoms with Crippen LogP contribution in [0.4, 0.5) is 0 Å². The Hall–Kier alpha value is -2.81. The Kier molecular flexibility index (Phi) is 6.04. The van der Waals surface area contributed by atoms with Crippen molar-refractivity contribution in [2.45, 2.75) is 6.42 Å². The topological polar surface area (TPSA) is 75.0 Å². The van der Waals surface area contributed by atoms with Crippen LogP contribution < -0.4 is 24.3 Å². The van der Waals surface area contributed by atoms with Crippen LogP contribution in [0.2, 0.25) is 10.0 Å². The van der Waals surface area contributed by atoms with Gasteiger partial charge in [0, 0.05) is 16.5 Å². The SMILES string of the molecule is COc1cc(Cc2nc3s/c(=C\c4ccc(Cl)cc4Cl)c(=O)n3n2)cc(OC)c1OC. The molecule has 0 aliphatic carbocycles. The van der Waals surface area contributed by atoms with Gasteiger partial charge in [-0.1, -0.05) is 40.6 Å². The van der Waals surface area contributed by atoms with Gasteiger partial charge in [-0.25, -0.2) is 4.98 Å². The van der Waals surface area contributed by atoms with Crippen LogP contribution in [-0.2, 0) is 6.42 Å². The Labute approximate surface area is 191 Å². The minimum Gasteiger partial charge on any atom is -0.493 e. The molecule has 10 heteroatoms. The number of halogens is 2. The Morgan fingerprint density at radius 2 is 1.77 bits per heavy atom. The molecule has 0 amide bonds. The molecule has 0 fully saturated rings. The van der Waals surface area contributed by atoms with Crippen LogP contribution in [0.5, 0.6) is 17.2 Å². The highest BCUT2D eigenvalue weighted by Gasteiger charge is 2.16. The molecule has 4 rings (SSSR count). The lowest BCUT2D eigenvalue weighted by Crippen LogP contribution is -2.23. The van der Waals surface area contributed by atoms with Crippen LogP contribution in [0.25, 0.3) is 11.0 Å². The minimum atomic E-state index is -0.255. The highest BCUT2D eigenvalue weighted by atomic mass is 35.5. The standard InChI is InChI=1S/C21H17Cl2N3O4S/c1-28-15-6-11(7-16(29-2)19(15)30-3)8-18-24-21-26(25-18)20(27)17(31-21)9-12-4-5-13(22)10-14(12)23/h4-7,9-10H,8H2,1-3H3/b17-9-. The summed E-state index contributed by atoms with van der Waals surface area (Å²) in [6.45, 7) is 0. The quantitative estimate of drug-likeness (QED) is 0.422. The van der Waals surface area contributed by atoms with Crippen molar-refractivity contribution in [3.05, 3.63) is 72.2 Å². The molecular formula is C21H17Cl2N3O4S. The highest BCUT2D eigenvalue weighted by Crippen LogP contribution is 2.38. The summed E-state index contributed by atoms with van der Waals surface area (Å²) in [5.41, 5.74) is 1.31. The van der Waals surface area contributed by atoms with Gasteiger partial charge in [0.2, 0.25) is 10.7 Å². The van der Waals surface area contributed by atoms with E-state index in [1.165, 1.54) is 15.9 Å². The fourth-order valence-corrected chi connectivity index (χ4v) is 4.51. The Balaban J connectivity index is 1.69. The van der Waals surface area contributed by atoms with E-state index in [4.69, 9.17) is 37.4 Å². The maximum atomic E-state index is 12.8. The highest BCUT2D eigenvalue weighted by molar-refractivity contribution is 7.15. The molecule has 0 aliphatic rings. The van der Waals surface area contributed by atoms with Crippen LogP contribution in [0, 0.1) is 0 Å². The van der Waals surface area contributed by atoms with E-state index in [1.54, 1.807) is 45.6 Å². The van der Waals surface area contributed by atoms with Crippen molar-refractivity contribution in [3.63, 3.8) is 0 Å². The number of hydrogen-bond donors (Lipinski definition) is 0. The van der Waals surface area contributed by atoms with E-state index >= 15 is 0 Å². The second kappa shape index (κ2) is 8.74. The monoisotopic (exact) mass is 477 g/mol. The average Bonchev–Trinajstić information content (AvgIpc) is 3.27. The molecule has 0 N–H and O–H groups in total. The number of ether oxygens (including phenoxy) is 3. The number of benzene rings is 2. The molecule has 0 radical (unpaired) electrons. The van der Waals surface area contributed by atoms with Gasteiger partial charge >= 0.3 is 0 Å². The first-order valence-corrected chi connectivity index (χ1v) is 10.6. The van der Waals surface area contributed by atoms with Gasteiger partial charge in [0.15, 0.2) is 17.3 Å². The summed E-state index contributed by atoms with van der Waals surface area (Å²) in [5.74, 6) is 2.10. The third-order valence-electron chi connectivity index (χ3n) is 4.56. The zero-order chi connectivity index (χ0) is 22.1. The Bertz CT molecular complexity index is 1360. The van der Waals surface area contributed by atoms with Crippen molar-refractivity contribution in [3.8, 4) is 17.2 Å². The van der Waals surface area contributed by atoms with Crippen LogP contribution >= 0.6 is 34.5 Å². The molecule has 0 spiro atoms. The van der Waals surface area contributed by atoms with Crippen molar-refractivity contribution in [1.29, 1.82) is 0 Å². The number of thiazole rings is 1. The minimum absolute atomic E-state index is 0.255. The van der Waals surface area contributed by atoms with Gasteiger partial charge in [-0.05, 0) is 41.5 Å². The second-order valence-corrected chi connectivity index (χ2v) is 8.37. The molecule has 0 bridgehead atoms. The number of fused-ring (bicyclic) bond motifs is 1. The number of hydrogen-bond acceptors (Lipinski definition) is 7. The third kappa shape index (κ3) is 4.19. The summed E-state index contributed by atoms with van der Waals surface area (Å²) < 4.78 is 17.9. The lowest BCUT2D eigenvalue weighted by Gasteiger charge is -2.13. The lowest BCUT2D eigenvalue weighted by atomic mass is 10.1. The second-order valence-electron chi connectivity index (χ2n) is 6.51. The summed E-state index contributed by atoms with van der Waals surface area (Å²) in [4.78, 5) is 17.8. The summed E-state index contributed by atoms with van der Waals surface area (Å²) in [7, 11) is 4.66. The fourth-order valence-electron chi connectivity index (χ4n) is 3.13. The van der Waals surface area contributed by atoms with Gasteiger partial charge in [0.1, 0.15) is 0 Å². The summed E-state index contributed by atoms with van der Waals surface area (Å²) in [6.07, 6.45) is 2.10.